The average molecular weight is 426 g/mol. The van der Waals surface area contributed by atoms with Crippen LogP contribution in [-0.2, 0) is 0 Å². The van der Waals surface area contributed by atoms with Crippen LogP contribution < -0.4 is 4.74 Å². The lowest BCUT2D eigenvalue weighted by Crippen LogP contribution is -2.58. The Labute approximate surface area is 168 Å². The minimum absolute atomic E-state index is 0.242. The Balaban J connectivity index is 1.58. The summed E-state index contributed by atoms with van der Waals surface area (Å²) in [6.07, 6.45) is 2.87. The number of rotatable bonds is 1. The van der Waals surface area contributed by atoms with Crippen LogP contribution in [0, 0.1) is 6.92 Å². The predicted octanol–water partition coefficient (Wildman–Crippen LogP) is 4.72. The summed E-state index contributed by atoms with van der Waals surface area (Å²) in [7, 11) is 2.18. The van der Waals surface area contributed by atoms with Crippen molar-refractivity contribution in [1.82, 2.24) is 9.91 Å². The zero-order valence-electron chi connectivity index (χ0n) is 15.8. The summed E-state index contributed by atoms with van der Waals surface area (Å²) in [6, 6.07) is 15.3. The van der Waals surface area contributed by atoms with E-state index in [9.17, 15) is 0 Å². The molecule has 0 radical (unpaired) electrons. The van der Waals surface area contributed by atoms with E-state index in [0.29, 0.717) is 0 Å². The summed E-state index contributed by atoms with van der Waals surface area (Å²) in [5, 5.41) is 7.41. The standard InChI is InChI=1S/C22H24BrN3O/c1-15-3-5-16(6-4-15)19-14-20-18-13-17(23)7-8-21(18)27-22(26(20)24-19)9-11-25(2)12-10-22/h3-8,13,20H,9-12,14H2,1-2H3. The number of benzene rings is 2. The largest absolute Gasteiger partial charge is 0.466 e. The third kappa shape index (κ3) is 2.88. The average Bonchev–Trinajstić information content (AvgIpc) is 3.12. The Morgan fingerprint density at radius 2 is 1.85 bits per heavy atom. The lowest BCUT2D eigenvalue weighted by molar-refractivity contribution is -0.147. The van der Waals surface area contributed by atoms with Gasteiger partial charge in [0.15, 0.2) is 0 Å². The van der Waals surface area contributed by atoms with Gasteiger partial charge in [-0.05, 0) is 37.7 Å². The second-order valence-electron chi connectivity index (χ2n) is 8.01. The van der Waals surface area contributed by atoms with Crippen LogP contribution in [0.15, 0.2) is 52.0 Å². The molecule has 1 fully saturated rings. The zero-order chi connectivity index (χ0) is 18.6. The molecule has 0 aromatic heterocycles. The maximum Gasteiger partial charge on any atom is 0.200 e. The van der Waals surface area contributed by atoms with Crippen molar-refractivity contribution < 1.29 is 4.74 Å². The third-order valence-electron chi connectivity index (χ3n) is 6.11. The van der Waals surface area contributed by atoms with Crippen molar-refractivity contribution in [2.75, 3.05) is 20.1 Å². The second-order valence-corrected chi connectivity index (χ2v) is 8.93. The highest BCUT2D eigenvalue weighted by Gasteiger charge is 2.51. The summed E-state index contributed by atoms with van der Waals surface area (Å²) < 4.78 is 7.74. The highest BCUT2D eigenvalue weighted by molar-refractivity contribution is 9.10. The van der Waals surface area contributed by atoms with Gasteiger partial charge < -0.3 is 9.64 Å². The molecule has 0 saturated carbocycles. The van der Waals surface area contributed by atoms with Crippen LogP contribution in [0.4, 0.5) is 0 Å². The minimum atomic E-state index is -0.329. The number of fused-ring (bicyclic) bond motifs is 4. The van der Waals surface area contributed by atoms with Gasteiger partial charge in [0, 0.05) is 42.4 Å². The summed E-state index contributed by atoms with van der Waals surface area (Å²) in [5.74, 6) is 1.02. The molecule has 2 aromatic carbocycles. The van der Waals surface area contributed by atoms with Gasteiger partial charge in [-0.25, -0.2) is 5.01 Å². The van der Waals surface area contributed by atoms with Crippen LogP contribution in [0.3, 0.4) is 0 Å². The molecule has 4 nitrogen and oxygen atoms in total. The highest BCUT2D eigenvalue weighted by Crippen LogP contribution is 2.50. The lowest BCUT2D eigenvalue weighted by atomic mass is 9.91. The van der Waals surface area contributed by atoms with Crippen molar-refractivity contribution in [1.29, 1.82) is 0 Å². The Hall–Kier alpha value is -1.85. The molecule has 0 N–H and O–H groups in total. The topological polar surface area (TPSA) is 28.1 Å². The number of likely N-dealkylation sites (tertiary alicyclic amines) is 1. The maximum absolute atomic E-state index is 6.65. The number of nitrogens with zero attached hydrogens (tertiary/aromatic N) is 3. The number of hydrazone groups is 1. The normalized spacial score (nSPS) is 23.6. The molecule has 2 aromatic rings. The quantitative estimate of drug-likeness (QED) is 0.661. The van der Waals surface area contributed by atoms with E-state index in [1.807, 2.05) is 0 Å². The van der Waals surface area contributed by atoms with Crippen LogP contribution in [0.1, 0.15) is 42.0 Å². The second kappa shape index (κ2) is 6.35. The highest BCUT2D eigenvalue weighted by atomic mass is 79.9. The van der Waals surface area contributed by atoms with Gasteiger partial charge in [0.25, 0.3) is 0 Å². The molecule has 140 valence electrons. The first kappa shape index (κ1) is 17.3. The van der Waals surface area contributed by atoms with Crippen LogP contribution in [0.5, 0.6) is 5.75 Å². The van der Waals surface area contributed by atoms with Crippen molar-refractivity contribution in [3.63, 3.8) is 0 Å². The van der Waals surface area contributed by atoms with Gasteiger partial charge in [0.1, 0.15) is 5.75 Å². The molecule has 3 aliphatic heterocycles. The fourth-order valence-corrected chi connectivity index (χ4v) is 4.85. The van der Waals surface area contributed by atoms with Crippen LogP contribution in [0.25, 0.3) is 0 Å². The van der Waals surface area contributed by atoms with E-state index < -0.39 is 0 Å². The molecule has 0 amide bonds. The SMILES string of the molecule is Cc1ccc(C2=NN3C(C2)c2cc(Br)ccc2OC32CCN(C)CC2)cc1. The third-order valence-corrected chi connectivity index (χ3v) is 6.61. The number of aryl methyl sites for hydroxylation is 1. The van der Waals surface area contributed by atoms with Crippen molar-refractivity contribution in [2.24, 2.45) is 5.10 Å². The van der Waals surface area contributed by atoms with Gasteiger partial charge in [-0.3, -0.25) is 0 Å². The molecule has 1 spiro atoms. The molecule has 1 unspecified atom stereocenters. The van der Waals surface area contributed by atoms with Gasteiger partial charge in [-0.1, -0.05) is 45.8 Å². The lowest BCUT2D eigenvalue weighted by Gasteiger charge is -2.50. The molecule has 1 atom stereocenters. The molecular formula is C22H24BrN3O. The monoisotopic (exact) mass is 425 g/mol. The van der Waals surface area contributed by atoms with E-state index in [4.69, 9.17) is 9.84 Å². The Kier molecular flexibility index (Phi) is 4.06. The van der Waals surface area contributed by atoms with Gasteiger partial charge in [-0.15, -0.1) is 0 Å². The van der Waals surface area contributed by atoms with Crippen molar-refractivity contribution in [3.05, 3.63) is 63.6 Å². The zero-order valence-corrected chi connectivity index (χ0v) is 17.4. The first-order valence-electron chi connectivity index (χ1n) is 9.65. The molecule has 3 aliphatic rings. The molecule has 0 aliphatic carbocycles. The predicted molar refractivity (Wildman–Crippen MR) is 111 cm³/mol. The van der Waals surface area contributed by atoms with E-state index in [1.165, 1.54) is 16.7 Å². The Morgan fingerprint density at radius 1 is 1.11 bits per heavy atom. The molecule has 3 heterocycles. The molecule has 27 heavy (non-hydrogen) atoms. The van der Waals surface area contributed by atoms with Crippen molar-refractivity contribution in [2.45, 2.75) is 38.0 Å². The number of hydrogen-bond acceptors (Lipinski definition) is 4. The number of hydrogen-bond donors (Lipinski definition) is 0. The molecular weight excluding hydrogens is 402 g/mol. The summed E-state index contributed by atoms with van der Waals surface area (Å²) in [5.41, 5.74) is 4.56. The first-order chi connectivity index (χ1) is 13.0. The van der Waals surface area contributed by atoms with Crippen molar-refractivity contribution in [3.8, 4) is 5.75 Å². The molecule has 0 bridgehead atoms. The summed E-state index contributed by atoms with van der Waals surface area (Å²) >= 11 is 3.63. The molecule has 5 rings (SSSR count). The van der Waals surface area contributed by atoms with E-state index in [2.05, 4.69) is 82.3 Å². The van der Waals surface area contributed by atoms with Gasteiger partial charge in [0.05, 0.1) is 11.8 Å². The first-order valence-corrected chi connectivity index (χ1v) is 10.4. The van der Waals surface area contributed by atoms with E-state index >= 15 is 0 Å². The number of piperidine rings is 1. The number of halogens is 1. The van der Waals surface area contributed by atoms with E-state index in [-0.39, 0.29) is 11.8 Å². The van der Waals surface area contributed by atoms with E-state index in [1.54, 1.807) is 0 Å². The fraction of sp³-hybridized carbons (Fsp3) is 0.409. The van der Waals surface area contributed by atoms with Crippen LogP contribution in [-0.4, -0.2) is 41.5 Å². The summed E-state index contributed by atoms with van der Waals surface area (Å²) in [6.45, 7) is 4.19. The van der Waals surface area contributed by atoms with Gasteiger partial charge in [0.2, 0.25) is 5.72 Å². The maximum atomic E-state index is 6.65. The van der Waals surface area contributed by atoms with Crippen molar-refractivity contribution >= 4 is 21.6 Å². The fourth-order valence-electron chi connectivity index (χ4n) is 4.47. The Bertz CT molecular complexity index is 900. The summed E-state index contributed by atoms with van der Waals surface area (Å²) in [4.78, 5) is 2.38. The van der Waals surface area contributed by atoms with Crippen LogP contribution >= 0.6 is 15.9 Å². The van der Waals surface area contributed by atoms with Crippen LogP contribution in [0.2, 0.25) is 0 Å². The number of ether oxygens (including phenoxy) is 1. The Morgan fingerprint density at radius 3 is 2.59 bits per heavy atom. The van der Waals surface area contributed by atoms with E-state index in [0.717, 1.165) is 48.3 Å². The smallest absolute Gasteiger partial charge is 0.200 e. The van der Waals surface area contributed by atoms with Gasteiger partial charge in [-0.2, -0.15) is 5.10 Å². The molecule has 5 heteroatoms. The molecule has 1 saturated heterocycles. The minimum Gasteiger partial charge on any atom is -0.466 e. The van der Waals surface area contributed by atoms with Gasteiger partial charge >= 0.3 is 0 Å².